The lowest BCUT2D eigenvalue weighted by atomic mass is 9.77. The Bertz CT molecular complexity index is 1790. The molecule has 2 amide bonds. The molecule has 0 saturated carbocycles. The van der Waals surface area contributed by atoms with Crippen molar-refractivity contribution in [2.75, 3.05) is 26.3 Å². The van der Waals surface area contributed by atoms with E-state index in [0.29, 0.717) is 18.6 Å². The molecule has 1 saturated heterocycles. The molecule has 0 aliphatic carbocycles. The molecule has 0 unspecified atom stereocenters. The topological polar surface area (TPSA) is 67.9 Å². The van der Waals surface area contributed by atoms with Gasteiger partial charge in [-0.3, -0.25) is 4.79 Å². The van der Waals surface area contributed by atoms with Gasteiger partial charge in [0.25, 0.3) is 11.8 Å². The molecular formula is C35H29F7N2O4. The number of alkyl halides is 5. The number of carbonyl (C=O) groups excluding carboxylic acids is 2. The summed E-state index contributed by atoms with van der Waals surface area (Å²) in [5.74, 6) is -7.26. The summed E-state index contributed by atoms with van der Waals surface area (Å²) in [4.78, 5) is 28.1. The van der Waals surface area contributed by atoms with Gasteiger partial charge in [-0.1, -0.05) is 48.5 Å². The number of rotatable bonds is 8. The maximum Gasteiger partial charge on any atom is 0.416 e. The quantitative estimate of drug-likeness (QED) is 0.194. The molecule has 1 fully saturated rings. The maximum atomic E-state index is 15.2. The number of nitrogens with zero attached hydrogens (tertiary/aromatic N) is 1. The molecule has 48 heavy (non-hydrogen) atoms. The Balaban J connectivity index is 1.72. The van der Waals surface area contributed by atoms with Crippen molar-refractivity contribution in [2.45, 2.75) is 31.0 Å². The first-order chi connectivity index (χ1) is 22.7. The third-order valence-electron chi connectivity index (χ3n) is 7.88. The summed E-state index contributed by atoms with van der Waals surface area (Å²) in [7, 11) is 0. The van der Waals surface area contributed by atoms with Crippen LogP contribution in [0.25, 0.3) is 0 Å². The van der Waals surface area contributed by atoms with Gasteiger partial charge in [0.05, 0.1) is 24.3 Å². The predicted octanol–water partition coefficient (Wildman–Crippen LogP) is 7.84. The number of halogens is 7. The molecule has 1 N–H and O–H groups in total. The van der Waals surface area contributed by atoms with Crippen LogP contribution >= 0.6 is 0 Å². The first-order valence-electron chi connectivity index (χ1n) is 14.7. The molecule has 252 valence electrons. The molecular weight excluding hydrogens is 645 g/mol. The average molecular weight is 675 g/mol. The van der Waals surface area contributed by atoms with E-state index in [-0.39, 0.29) is 49.9 Å². The summed E-state index contributed by atoms with van der Waals surface area (Å²) in [5, 5.41) is 2.67. The minimum absolute atomic E-state index is 0.0958. The zero-order chi connectivity index (χ0) is 34.7. The Labute approximate surface area is 271 Å². The summed E-state index contributed by atoms with van der Waals surface area (Å²) in [5.41, 5.74) is -4.33. The third kappa shape index (κ3) is 7.79. The number of hydrogen-bond acceptors (Lipinski definition) is 4. The summed E-state index contributed by atoms with van der Waals surface area (Å²) < 4.78 is 111. The Kier molecular flexibility index (Phi) is 9.81. The molecule has 1 aliphatic heterocycles. The molecule has 0 aromatic heterocycles. The van der Waals surface area contributed by atoms with Gasteiger partial charge in [0.2, 0.25) is 0 Å². The molecule has 1 heterocycles. The number of ether oxygens (including phenoxy) is 2. The minimum atomic E-state index is -5.01. The van der Waals surface area contributed by atoms with Crippen LogP contribution in [0.4, 0.5) is 35.5 Å². The van der Waals surface area contributed by atoms with Gasteiger partial charge in [-0.15, -0.1) is 0 Å². The molecule has 0 bridgehead atoms. The third-order valence-corrected chi connectivity index (χ3v) is 7.88. The van der Waals surface area contributed by atoms with Gasteiger partial charge in [0.1, 0.15) is 5.82 Å². The number of nitrogens with one attached hydrogen (secondary N) is 1. The van der Waals surface area contributed by atoms with Crippen LogP contribution in [0.3, 0.4) is 0 Å². The van der Waals surface area contributed by atoms with Crippen molar-refractivity contribution in [2.24, 2.45) is 0 Å². The van der Waals surface area contributed by atoms with E-state index < -0.39 is 63.7 Å². The summed E-state index contributed by atoms with van der Waals surface area (Å²) in [6.45, 7) is 1.39. The van der Waals surface area contributed by atoms with Crippen molar-refractivity contribution in [3.63, 3.8) is 0 Å². The predicted molar refractivity (Wildman–Crippen MR) is 161 cm³/mol. The van der Waals surface area contributed by atoms with Crippen LogP contribution in [0.1, 0.15) is 45.1 Å². The highest BCUT2D eigenvalue weighted by atomic mass is 19.4. The highest BCUT2D eigenvalue weighted by molar-refractivity contribution is 5.95. The Morgan fingerprint density at radius 1 is 0.792 bits per heavy atom. The number of hydrogen-bond donors (Lipinski definition) is 1. The van der Waals surface area contributed by atoms with E-state index in [1.54, 1.807) is 30.3 Å². The van der Waals surface area contributed by atoms with Gasteiger partial charge in [-0.25, -0.2) is 22.4 Å². The zero-order valence-corrected chi connectivity index (χ0v) is 25.4. The van der Waals surface area contributed by atoms with E-state index in [2.05, 4.69) is 5.32 Å². The van der Waals surface area contributed by atoms with E-state index >= 15 is 8.78 Å². The van der Waals surface area contributed by atoms with E-state index in [9.17, 15) is 31.5 Å². The normalized spacial score (nSPS) is 15.0. The first kappa shape index (κ1) is 34.4. The van der Waals surface area contributed by atoms with Gasteiger partial charge in [-0.05, 0) is 59.2 Å². The molecule has 6 nitrogen and oxygen atoms in total. The highest BCUT2D eigenvalue weighted by Gasteiger charge is 2.41. The number of benzene rings is 4. The van der Waals surface area contributed by atoms with Gasteiger partial charge in [0, 0.05) is 37.6 Å². The van der Waals surface area contributed by atoms with Gasteiger partial charge >= 0.3 is 12.3 Å². The van der Waals surface area contributed by atoms with E-state index in [0.717, 1.165) is 36.4 Å². The monoisotopic (exact) mass is 674 g/mol. The first-order valence-corrected chi connectivity index (χ1v) is 14.7. The van der Waals surface area contributed by atoms with Crippen LogP contribution in [0.5, 0.6) is 5.75 Å². The fraction of sp³-hybridized carbons (Fsp3) is 0.257. The number of carbonyl (C=O) groups is 2. The van der Waals surface area contributed by atoms with Crippen molar-refractivity contribution in [3.8, 4) is 5.75 Å². The van der Waals surface area contributed by atoms with E-state index in [1.165, 1.54) is 17.0 Å². The molecule has 1 aliphatic rings. The van der Waals surface area contributed by atoms with Crippen LogP contribution < -0.4 is 10.1 Å². The second kappa shape index (κ2) is 13.7. The summed E-state index contributed by atoms with van der Waals surface area (Å²) >= 11 is 0. The van der Waals surface area contributed by atoms with Crippen LogP contribution in [0.2, 0.25) is 0 Å². The second-order valence-electron chi connectivity index (χ2n) is 11.3. The van der Waals surface area contributed by atoms with Crippen molar-refractivity contribution >= 4 is 12.0 Å². The van der Waals surface area contributed by atoms with Crippen molar-refractivity contribution < 1.29 is 49.8 Å². The van der Waals surface area contributed by atoms with Crippen molar-refractivity contribution in [1.82, 2.24) is 10.2 Å². The van der Waals surface area contributed by atoms with Crippen molar-refractivity contribution in [3.05, 3.63) is 136 Å². The van der Waals surface area contributed by atoms with Crippen LogP contribution in [-0.2, 0) is 28.8 Å². The lowest BCUT2D eigenvalue weighted by Gasteiger charge is -2.37. The van der Waals surface area contributed by atoms with E-state index in [4.69, 9.17) is 9.47 Å². The molecule has 13 heteroatoms. The molecule has 4 aromatic carbocycles. The lowest BCUT2D eigenvalue weighted by molar-refractivity contribution is -0.137. The fourth-order valence-corrected chi connectivity index (χ4v) is 5.41. The van der Waals surface area contributed by atoms with Gasteiger partial charge in [0.15, 0.2) is 11.6 Å². The molecule has 0 spiro atoms. The van der Waals surface area contributed by atoms with Gasteiger partial charge in [-0.2, -0.15) is 13.2 Å². The molecule has 0 radical (unpaired) electrons. The minimum Gasteiger partial charge on any atom is -0.407 e. The molecule has 5 rings (SSSR count). The fourth-order valence-electron chi connectivity index (χ4n) is 5.41. The Morgan fingerprint density at radius 2 is 1.48 bits per heavy atom. The highest BCUT2D eigenvalue weighted by Crippen LogP contribution is 2.40. The Morgan fingerprint density at radius 3 is 2.15 bits per heavy atom. The van der Waals surface area contributed by atoms with Crippen molar-refractivity contribution in [1.29, 1.82) is 0 Å². The van der Waals surface area contributed by atoms with Gasteiger partial charge < -0.3 is 19.7 Å². The number of morpholine rings is 1. The second-order valence-corrected chi connectivity index (χ2v) is 11.3. The Hall–Kier alpha value is -4.91. The number of amides is 2. The zero-order valence-electron chi connectivity index (χ0n) is 25.4. The molecule has 4 aromatic rings. The van der Waals surface area contributed by atoms with Crippen LogP contribution in [0, 0.1) is 11.6 Å². The molecule has 1 atom stereocenters. The largest absolute Gasteiger partial charge is 0.416 e. The SMILES string of the molecule is CC(F)(F)c1cccc(C(=O)N[C@@](Cc2ccccc2)(c2cc(F)cc(C(F)(F)F)c2)c2ccc(F)c(OC(=O)N3CCOCC3)c2)c1. The summed E-state index contributed by atoms with van der Waals surface area (Å²) in [6.07, 6.45) is -6.26. The smallest absolute Gasteiger partial charge is 0.407 e. The average Bonchev–Trinajstić information content (AvgIpc) is 3.05. The summed E-state index contributed by atoms with van der Waals surface area (Å²) in [6, 6.07) is 17.4. The van der Waals surface area contributed by atoms with Crippen LogP contribution in [0.15, 0.2) is 91.0 Å². The standard InChI is InChI=1S/C35H29F7N2O4/c1-33(38,39)24-9-5-8-23(16-24)31(45)43-34(21-22-6-3-2-4-7-22,26-17-27(35(40,41)42)19-28(36)18-26)25-10-11-29(37)30(20-25)48-32(46)44-12-14-47-15-13-44/h2-11,16-20H,12-15,21H2,1H3,(H,43,45)/t34-/m1/s1. The van der Waals surface area contributed by atoms with Crippen LogP contribution in [-0.4, -0.2) is 43.2 Å². The maximum absolute atomic E-state index is 15.2. The van der Waals surface area contributed by atoms with E-state index in [1.807, 2.05) is 0 Å². The lowest BCUT2D eigenvalue weighted by Crippen LogP contribution is -2.49.